The van der Waals surface area contributed by atoms with E-state index in [-0.39, 0.29) is 24.4 Å². The minimum absolute atomic E-state index is 0.259. The molecular formula is C16H19NO3. The van der Waals surface area contributed by atoms with Gasteiger partial charge in [-0.2, -0.15) is 0 Å². The zero-order valence-electron chi connectivity index (χ0n) is 11.8. The summed E-state index contributed by atoms with van der Waals surface area (Å²) in [5.74, 6) is -1.24. The van der Waals surface area contributed by atoms with Crippen molar-refractivity contribution in [2.45, 2.75) is 20.3 Å². The summed E-state index contributed by atoms with van der Waals surface area (Å²) < 4.78 is 0. The van der Waals surface area contributed by atoms with Crippen LogP contribution in [0.25, 0.3) is 6.08 Å². The van der Waals surface area contributed by atoms with Gasteiger partial charge in [-0.25, -0.2) is 4.79 Å². The first-order valence-corrected chi connectivity index (χ1v) is 6.34. The smallest absolute Gasteiger partial charge is 0.331 e. The molecule has 106 valence electrons. The van der Waals surface area contributed by atoms with Crippen molar-refractivity contribution in [3.8, 4) is 0 Å². The van der Waals surface area contributed by atoms with Gasteiger partial charge in [0, 0.05) is 17.7 Å². The highest BCUT2D eigenvalue weighted by Gasteiger charge is 2.08. The molecule has 0 saturated carbocycles. The van der Waals surface area contributed by atoms with Gasteiger partial charge in [-0.3, -0.25) is 4.79 Å². The van der Waals surface area contributed by atoms with Gasteiger partial charge in [0.05, 0.1) is 0 Å². The van der Waals surface area contributed by atoms with Crippen molar-refractivity contribution in [1.29, 1.82) is 0 Å². The van der Waals surface area contributed by atoms with E-state index in [0.717, 1.165) is 11.1 Å². The van der Waals surface area contributed by atoms with Gasteiger partial charge in [0.2, 0.25) is 5.91 Å². The molecule has 20 heavy (non-hydrogen) atoms. The Morgan fingerprint density at radius 3 is 2.40 bits per heavy atom. The van der Waals surface area contributed by atoms with Crippen LogP contribution in [0.15, 0.2) is 42.0 Å². The summed E-state index contributed by atoms with van der Waals surface area (Å²) in [7, 11) is 0. The molecule has 2 N–H and O–H groups in total. The van der Waals surface area contributed by atoms with E-state index in [1.807, 2.05) is 31.2 Å². The Morgan fingerprint density at radius 1 is 1.30 bits per heavy atom. The zero-order chi connectivity index (χ0) is 15.1. The van der Waals surface area contributed by atoms with Crippen LogP contribution >= 0.6 is 0 Å². The molecule has 4 nitrogen and oxygen atoms in total. The number of hydrogen-bond donors (Lipinski definition) is 2. The first-order valence-electron chi connectivity index (χ1n) is 6.34. The van der Waals surface area contributed by atoms with Crippen molar-refractivity contribution >= 4 is 18.0 Å². The molecule has 0 aliphatic heterocycles. The van der Waals surface area contributed by atoms with Gasteiger partial charge in [-0.05, 0) is 31.9 Å². The molecule has 4 heteroatoms. The lowest BCUT2D eigenvalue weighted by atomic mass is 10.1. The number of carbonyl (C=O) groups excluding carboxylic acids is 1. The summed E-state index contributed by atoms with van der Waals surface area (Å²) in [5, 5.41) is 11.8. The highest BCUT2D eigenvalue weighted by Crippen LogP contribution is 2.11. The summed E-state index contributed by atoms with van der Waals surface area (Å²) in [6, 6.07) is 7.58. The molecule has 1 amide bonds. The van der Waals surface area contributed by atoms with E-state index >= 15 is 0 Å². The van der Waals surface area contributed by atoms with Crippen LogP contribution < -0.4 is 5.32 Å². The van der Waals surface area contributed by atoms with Gasteiger partial charge in [0.15, 0.2) is 0 Å². The van der Waals surface area contributed by atoms with Crippen LogP contribution in [-0.2, 0) is 9.59 Å². The average Bonchev–Trinajstić information content (AvgIpc) is 2.39. The Labute approximate surface area is 118 Å². The summed E-state index contributed by atoms with van der Waals surface area (Å²) >= 11 is 0. The Hall–Kier alpha value is -2.36. The van der Waals surface area contributed by atoms with E-state index in [1.54, 1.807) is 13.0 Å². The highest BCUT2D eigenvalue weighted by atomic mass is 16.4. The number of amides is 1. The summed E-state index contributed by atoms with van der Waals surface area (Å²) in [6.07, 6.45) is 1.89. The number of nitrogens with one attached hydrogen (secondary N) is 1. The molecule has 0 radical (unpaired) electrons. The molecule has 0 aromatic heterocycles. The van der Waals surface area contributed by atoms with Crippen molar-refractivity contribution in [3.05, 3.63) is 53.1 Å². The van der Waals surface area contributed by atoms with Crippen LogP contribution in [0.1, 0.15) is 24.5 Å². The predicted molar refractivity (Wildman–Crippen MR) is 79.2 cm³/mol. The van der Waals surface area contributed by atoms with Gasteiger partial charge < -0.3 is 10.4 Å². The molecule has 1 rings (SSSR count). The second-order valence-corrected chi connectivity index (χ2v) is 4.67. The first-order chi connectivity index (χ1) is 9.40. The van der Waals surface area contributed by atoms with Crippen LogP contribution in [0.4, 0.5) is 0 Å². The number of rotatable bonds is 6. The third-order valence-electron chi connectivity index (χ3n) is 2.76. The fourth-order valence-corrected chi connectivity index (χ4v) is 1.57. The number of carboxylic acids is 1. The lowest BCUT2D eigenvalue weighted by Gasteiger charge is -2.06. The Kier molecular flexibility index (Phi) is 5.72. The van der Waals surface area contributed by atoms with E-state index < -0.39 is 5.97 Å². The number of benzene rings is 1. The minimum atomic E-state index is -0.977. The van der Waals surface area contributed by atoms with E-state index in [4.69, 9.17) is 5.11 Å². The first kappa shape index (κ1) is 15.7. The van der Waals surface area contributed by atoms with E-state index in [0.29, 0.717) is 5.57 Å². The van der Waals surface area contributed by atoms with Crippen molar-refractivity contribution in [2.75, 3.05) is 6.54 Å². The third kappa shape index (κ3) is 5.10. The minimum Gasteiger partial charge on any atom is -0.478 e. The summed E-state index contributed by atoms with van der Waals surface area (Å²) in [5.41, 5.74) is 2.62. The van der Waals surface area contributed by atoms with Crippen LogP contribution in [0.3, 0.4) is 0 Å². The topological polar surface area (TPSA) is 66.4 Å². The molecule has 0 bridgehead atoms. The van der Waals surface area contributed by atoms with Gasteiger partial charge in [-0.15, -0.1) is 0 Å². The van der Waals surface area contributed by atoms with Crippen molar-refractivity contribution < 1.29 is 14.7 Å². The maximum Gasteiger partial charge on any atom is 0.331 e. The van der Waals surface area contributed by atoms with Crippen molar-refractivity contribution in [1.82, 2.24) is 5.32 Å². The standard InChI is InChI=1S/C16H19NO3/c1-11(2)15(18)17-9-8-14(16(19)20)10-13-6-4-12(3)5-7-13/h4-7,10H,1,8-9H2,2-3H3,(H,17,18)(H,19,20)/b14-10+. The largest absolute Gasteiger partial charge is 0.478 e. The van der Waals surface area contributed by atoms with Crippen molar-refractivity contribution in [2.24, 2.45) is 0 Å². The maximum atomic E-state index is 11.3. The SMILES string of the molecule is C=C(C)C(=O)NCC/C(=C\c1ccc(C)cc1)C(=O)O. The van der Waals surface area contributed by atoms with Crippen LogP contribution in [0.5, 0.6) is 0 Å². The number of carbonyl (C=O) groups is 2. The Balaban J connectivity index is 2.70. The molecule has 0 aliphatic carbocycles. The van der Waals surface area contributed by atoms with Crippen LogP contribution in [-0.4, -0.2) is 23.5 Å². The van der Waals surface area contributed by atoms with Gasteiger partial charge in [0.1, 0.15) is 0 Å². The second kappa shape index (κ2) is 7.28. The molecule has 0 unspecified atom stereocenters. The van der Waals surface area contributed by atoms with Gasteiger partial charge >= 0.3 is 5.97 Å². The molecule has 0 spiro atoms. The van der Waals surface area contributed by atoms with Gasteiger partial charge in [-0.1, -0.05) is 36.4 Å². The molecule has 1 aromatic carbocycles. The van der Waals surface area contributed by atoms with Crippen molar-refractivity contribution in [3.63, 3.8) is 0 Å². The molecule has 0 saturated heterocycles. The molecule has 0 atom stereocenters. The molecular weight excluding hydrogens is 254 g/mol. The lowest BCUT2D eigenvalue weighted by Crippen LogP contribution is -2.25. The monoisotopic (exact) mass is 273 g/mol. The van der Waals surface area contributed by atoms with Crippen LogP contribution in [0, 0.1) is 6.92 Å². The lowest BCUT2D eigenvalue weighted by molar-refractivity contribution is -0.132. The quantitative estimate of drug-likeness (QED) is 0.783. The highest BCUT2D eigenvalue weighted by molar-refractivity contribution is 5.93. The fourth-order valence-electron chi connectivity index (χ4n) is 1.57. The Morgan fingerprint density at radius 2 is 1.90 bits per heavy atom. The average molecular weight is 273 g/mol. The maximum absolute atomic E-state index is 11.3. The van der Waals surface area contributed by atoms with Gasteiger partial charge in [0.25, 0.3) is 0 Å². The third-order valence-corrected chi connectivity index (χ3v) is 2.76. The summed E-state index contributed by atoms with van der Waals surface area (Å²) in [6.45, 7) is 7.37. The molecule has 0 heterocycles. The van der Waals surface area contributed by atoms with Crippen LogP contribution in [0.2, 0.25) is 0 Å². The number of hydrogen-bond acceptors (Lipinski definition) is 2. The summed E-state index contributed by atoms with van der Waals surface area (Å²) in [4.78, 5) is 22.5. The normalized spacial score (nSPS) is 11.0. The number of aryl methyl sites for hydroxylation is 1. The van der Waals surface area contributed by atoms with E-state index in [9.17, 15) is 9.59 Å². The molecule has 0 aliphatic rings. The van der Waals surface area contributed by atoms with E-state index in [1.165, 1.54) is 0 Å². The fraction of sp³-hybridized carbons (Fsp3) is 0.250. The Bertz CT molecular complexity index is 541. The number of aliphatic carboxylic acids is 1. The predicted octanol–water partition coefficient (Wildman–Crippen LogP) is 2.55. The van der Waals surface area contributed by atoms with E-state index in [2.05, 4.69) is 11.9 Å². The molecule has 0 fully saturated rings. The second-order valence-electron chi connectivity index (χ2n) is 4.67. The number of carboxylic acid groups (broad SMARTS) is 1. The molecule has 1 aromatic rings. The zero-order valence-corrected chi connectivity index (χ0v) is 11.8.